The van der Waals surface area contributed by atoms with Crippen molar-refractivity contribution in [3.8, 4) is 6.07 Å². The second-order valence-electron chi connectivity index (χ2n) is 11.1. The molecule has 1 saturated heterocycles. The van der Waals surface area contributed by atoms with Crippen LogP contribution >= 0.6 is 0 Å². The minimum absolute atomic E-state index is 0.0483. The summed E-state index contributed by atoms with van der Waals surface area (Å²) in [5.41, 5.74) is 0.291. The van der Waals surface area contributed by atoms with Gasteiger partial charge in [0, 0.05) is 39.1 Å². The molecule has 1 aromatic carbocycles. The fraction of sp³-hybridized carbons (Fsp3) is 0.733. The molecular formula is C30H47N3O3. The minimum atomic E-state index is -1.06. The van der Waals surface area contributed by atoms with Crippen molar-refractivity contribution in [2.75, 3.05) is 40.4 Å². The van der Waals surface area contributed by atoms with Crippen molar-refractivity contribution in [2.24, 2.45) is 17.8 Å². The number of hydrogen-bond acceptors (Lipinski definition) is 5. The first-order valence-corrected chi connectivity index (χ1v) is 14.1. The molecule has 0 aromatic heterocycles. The van der Waals surface area contributed by atoms with Crippen molar-refractivity contribution in [1.82, 2.24) is 10.2 Å². The number of amides is 1. The highest BCUT2D eigenvalue weighted by molar-refractivity contribution is 5.76. The summed E-state index contributed by atoms with van der Waals surface area (Å²) in [4.78, 5) is 15.5. The lowest BCUT2D eigenvalue weighted by molar-refractivity contribution is -0.138. The Morgan fingerprint density at radius 2 is 2.06 bits per heavy atom. The first kappa shape index (κ1) is 28.6. The van der Waals surface area contributed by atoms with Crippen molar-refractivity contribution < 1.29 is 14.6 Å². The van der Waals surface area contributed by atoms with Crippen LogP contribution < -0.4 is 5.32 Å². The number of carbonyl (C=O) groups is 1. The van der Waals surface area contributed by atoms with Crippen LogP contribution in [0.25, 0.3) is 0 Å². The highest BCUT2D eigenvalue weighted by Gasteiger charge is 2.41. The maximum atomic E-state index is 13.5. The molecule has 0 radical (unpaired) electrons. The minimum Gasteiger partial charge on any atom is -0.385 e. The van der Waals surface area contributed by atoms with E-state index in [0.29, 0.717) is 37.5 Å². The molecular weight excluding hydrogens is 450 g/mol. The average Bonchev–Trinajstić information content (AvgIpc) is 2.91. The number of nitrogens with one attached hydrogen (secondary N) is 1. The van der Waals surface area contributed by atoms with E-state index >= 15 is 0 Å². The standard InChI is InChI=1S/C30H47N3O3/c1-32-22-26(18-24-10-4-3-5-11-24)20-29(34)33-16-9-14-28(23-33)30(35,15-6-7-17-36-2)27-13-8-12-25(19-27)21-31/h8,12-13,19,24,26,28,32,35H,3-7,9-11,14-18,20,22-23H2,1-2H3/t26-,28-,30-/m1/s1. The molecule has 3 rings (SSSR count). The normalized spacial score (nSPS) is 21.5. The van der Waals surface area contributed by atoms with Gasteiger partial charge in [0.25, 0.3) is 0 Å². The van der Waals surface area contributed by atoms with Gasteiger partial charge >= 0.3 is 0 Å². The van der Waals surface area contributed by atoms with E-state index in [1.54, 1.807) is 13.2 Å². The van der Waals surface area contributed by atoms with Crippen molar-refractivity contribution in [3.63, 3.8) is 0 Å². The summed E-state index contributed by atoms with van der Waals surface area (Å²) in [6, 6.07) is 9.60. The van der Waals surface area contributed by atoms with E-state index in [-0.39, 0.29) is 11.8 Å². The lowest BCUT2D eigenvalue weighted by Crippen LogP contribution is -2.48. The molecule has 2 fully saturated rings. The number of nitriles is 1. The molecule has 0 bridgehead atoms. The van der Waals surface area contributed by atoms with E-state index in [0.717, 1.165) is 56.7 Å². The first-order valence-electron chi connectivity index (χ1n) is 14.1. The number of aliphatic hydroxyl groups is 1. The number of piperidine rings is 1. The zero-order valence-electron chi connectivity index (χ0n) is 22.5. The molecule has 1 heterocycles. The maximum absolute atomic E-state index is 13.5. The second-order valence-corrected chi connectivity index (χ2v) is 11.1. The van der Waals surface area contributed by atoms with Crippen LogP contribution in [0.15, 0.2) is 24.3 Å². The molecule has 200 valence electrons. The summed E-state index contributed by atoms with van der Waals surface area (Å²) < 4.78 is 5.22. The van der Waals surface area contributed by atoms with Crippen LogP contribution in [-0.2, 0) is 15.1 Å². The molecule has 36 heavy (non-hydrogen) atoms. The monoisotopic (exact) mass is 497 g/mol. The Kier molecular flexibility index (Phi) is 11.7. The molecule has 1 aliphatic carbocycles. The Balaban J connectivity index is 1.70. The van der Waals surface area contributed by atoms with Crippen LogP contribution in [0.1, 0.15) is 88.2 Å². The van der Waals surface area contributed by atoms with Gasteiger partial charge in [-0.3, -0.25) is 4.79 Å². The molecule has 0 unspecified atom stereocenters. The highest BCUT2D eigenvalue weighted by atomic mass is 16.5. The van der Waals surface area contributed by atoms with E-state index < -0.39 is 5.60 Å². The molecule has 6 heteroatoms. The van der Waals surface area contributed by atoms with E-state index in [2.05, 4.69) is 11.4 Å². The number of likely N-dealkylation sites (tertiary alicyclic amines) is 1. The maximum Gasteiger partial charge on any atom is 0.222 e. The number of ether oxygens (including phenoxy) is 1. The zero-order valence-corrected chi connectivity index (χ0v) is 22.5. The SMILES string of the molecule is CNC[C@@H](CC(=O)N1CCC[C@@H]([C@@](O)(CCCCOC)c2cccc(C#N)c2)C1)CC1CCCCC1. The van der Waals surface area contributed by atoms with Gasteiger partial charge in [-0.2, -0.15) is 5.26 Å². The van der Waals surface area contributed by atoms with Gasteiger partial charge in [0.05, 0.1) is 17.2 Å². The number of methoxy groups -OCH3 is 1. The lowest BCUT2D eigenvalue weighted by Gasteiger charge is -2.43. The third kappa shape index (κ3) is 8.03. The van der Waals surface area contributed by atoms with Gasteiger partial charge < -0.3 is 20.1 Å². The van der Waals surface area contributed by atoms with E-state index in [4.69, 9.17) is 4.74 Å². The number of rotatable bonds is 13. The molecule has 3 atom stereocenters. The van der Waals surface area contributed by atoms with Gasteiger partial charge in [-0.25, -0.2) is 0 Å². The summed E-state index contributed by atoms with van der Waals surface area (Å²) >= 11 is 0. The number of nitrogens with zero attached hydrogens (tertiary/aromatic N) is 2. The number of hydrogen-bond donors (Lipinski definition) is 2. The molecule has 2 aliphatic rings. The molecule has 2 N–H and O–H groups in total. The summed E-state index contributed by atoms with van der Waals surface area (Å²) in [7, 11) is 3.68. The highest BCUT2D eigenvalue weighted by Crippen LogP contribution is 2.40. The molecule has 1 saturated carbocycles. The van der Waals surface area contributed by atoms with Crippen molar-refractivity contribution >= 4 is 5.91 Å². The largest absolute Gasteiger partial charge is 0.385 e. The molecule has 1 aromatic rings. The first-order chi connectivity index (χ1) is 17.5. The van der Waals surface area contributed by atoms with Crippen LogP contribution in [-0.4, -0.2) is 56.3 Å². The van der Waals surface area contributed by atoms with Crippen molar-refractivity contribution in [1.29, 1.82) is 5.26 Å². The van der Waals surface area contributed by atoms with Gasteiger partial charge in [-0.1, -0.05) is 44.2 Å². The van der Waals surface area contributed by atoms with Crippen LogP contribution in [0.5, 0.6) is 0 Å². The Morgan fingerprint density at radius 3 is 2.78 bits per heavy atom. The summed E-state index contributed by atoms with van der Waals surface area (Å²) in [6.45, 7) is 2.89. The molecule has 6 nitrogen and oxygen atoms in total. The fourth-order valence-electron chi connectivity index (χ4n) is 6.47. The van der Waals surface area contributed by atoms with Gasteiger partial charge in [0.2, 0.25) is 5.91 Å². The quantitative estimate of drug-likeness (QED) is 0.375. The topological polar surface area (TPSA) is 85.6 Å². The number of benzene rings is 1. The molecule has 1 amide bonds. The Bertz CT molecular complexity index is 848. The Morgan fingerprint density at radius 1 is 1.25 bits per heavy atom. The molecule has 0 spiro atoms. The third-order valence-electron chi connectivity index (χ3n) is 8.44. The van der Waals surface area contributed by atoms with Gasteiger partial charge in [0.15, 0.2) is 0 Å². The van der Waals surface area contributed by atoms with Crippen LogP contribution in [0.3, 0.4) is 0 Å². The van der Waals surface area contributed by atoms with Crippen LogP contribution in [0.4, 0.5) is 0 Å². The zero-order chi connectivity index (χ0) is 25.8. The lowest BCUT2D eigenvalue weighted by atomic mass is 9.73. The third-order valence-corrected chi connectivity index (χ3v) is 8.44. The number of unbranched alkanes of at least 4 members (excludes halogenated alkanes) is 1. The van der Waals surface area contributed by atoms with Gasteiger partial charge in [0.1, 0.15) is 0 Å². The van der Waals surface area contributed by atoms with E-state index in [9.17, 15) is 15.2 Å². The Labute approximate surface area is 218 Å². The van der Waals surface area contributed by atoms with Crippen molar-refractivity contribution in [2.45, 2.75) is 82.7 Å². The summed E-state index contributed by atoms with van der Waals surface area (Å²) in [5.74, 6) is 1.30. The van der Waals surface area contributed by atoms with Gasteiger partial charge in [-0.15, -0.1) is 0 Å². The average molecular weight is 498 g/mol. The molecule has 1 aliphatic heterocycles. The summed E-state index contributed by atoms with van der Waals surface area (Å²) in [5, 5.41) is 24.9. The number of carbonyl (C=O) groups excluding carboxylic acids is 1. The predicted octanol–water partition coefficient (Wildman–Crippen LogP) is 5.00. The second kappa shape index (κ2) is 14.7. The van der Waals surface area contributed by atoms with E-state index in [1.807, 2.05) is 30.1 Å². The fourth-order valence-corrected chi connectivity index (χ4v) is 6.47. The predicted molar refractivity (Wildman–Crippen MR) is 143 cm³/mol. The smallest absolute Gasteiger partial charge is 0.222 e. The van der Waals surface area contributed by atoms with E-state index in [1.165, 1.54) is 32.1 Å². The summed E-state index contributed by atoms with van der Waals surface area (Å²) in [6.07, 6.45) is 12.4. The van der Waals surface area contributed by atoms with Crippen LogP contribution in [0.2, 0.25) is 0 Å². The van der Waals surface area contributed by atoms with Gasteiger partial charge in [-0.05, 0) is 81.6 Å². The van der Waals surface area contributed by atoms with Crippen molar-refractivity contribution in [3.05, 3.63) is 35.4 Å². The Hall–Kier alpha value is -1.94. The van der Waals surface area contributed by atoms with Crippen LogP contribution in [0, 0.1) is 29.1 Å².